The zero-order chi connectivity index (χ0) is 14.0. The number of nitro groups is 1. The van der Waals surface area contributed by atoms with Gasteiger partial charge in [0.2, 0.25) is 5.82 Å². The van der Waals surface area contributed by atoms with Crippen LogP contribution in [0.2, 0.25) is 5.02 Å². The van der Waals surface area contributed by atoms with Gasteiger partial charge in [-0.25, -0.2) is 13.4 Å². The van der Waals surface area contributed by atoms with Crippen LogP contribution in [0.4, 0.5) is 11.5 Å². The first kappa shape index (κ1) is 13.7. The molecule has 0 radical (unpaired) electrons. The van der Waals surface area contributed by atoms with Crippen molar-refractivity contribution in [1.82, 2.24) is 4.98 Å². The molecule has 0 fully saturated rings. The molecule has 1 N–H and O–H groups in total. The molecular formula is C9H6ClN3O4S2. The van der Waals surface area contributed by atoms with Crippen LogP contribution >= 0.6 is 22.9 Å². The first-order valence-electron chi connectivity index (χ1n) is 4.76. The van der Waals surface area contributed by atoms with Crippen molar-refractivity contribution in [2.75, 3.05) is 4.72 Å². The number of sulfonamides is 1. The van der Waals surface area contributed by atoms with Crippen molar-refractivity contribution >= 4 is 44.5 Å². The predicted octanol–water partition coefficient (Wildman–Crippen LogP) is 2.51. The smallest absolute Gasteiger partial charge is 0.258 e. The summed E-state index contributed by atoms with van der Waals surface area (Å²) < 4.78 is 26.0. The van der Waals surface area contributed by atoms with E-state index in [1.165, 1.54) is 6.07 Å². The lowest BCUT2D eigenvalue weighted by Crippen LogP contribution is -2.13. The Morgan fingerprint density at radius 1 is 1.47 bits per heavy atom. The van der Waals surface area contributed by atoms with Gasteiger partial charge in [-0.3, -0.25) is 14.8 Å². The summed E-state index contributed by atoms with van der Waals surface area (Å²) in [5, 5.41) is 12.4. The van der Waals surface area contributed by atoms with E-state index in [9.17, 15) is 18.5 Å². The Balaban J connectivity index is 2.42. The fraction of sp³-hybridized carbons (Fsp3) is 0. The van der Waals surface area contributed by atoms with Gasteiger partial charge in [-0.1, -0.05) is 17.7 Å². The normalized spacial score (nSPS) is 11.2. The highest BCUT2D eigenvalue weighted by Crippen LogP contribution is 2.28. The summed E-state index contributed by atoms with van der Waals surface area (Å²) in [4.78, 5) is 13.7. The monoisotopic (exact) mass is 319 g/mol. The van der Waals surface area contributed by atoms with Gasteiger partial charge in [0.1, 0.15) is 4.21 Å². The molecule has 0 aliphatic carbocycles. The maximum atomic E-state index is 11.9. The number of nitrogens with one attached hydrogen (secondary N) is 1. The average molecular weight is 320 g/mol. The van der Waals surface area contributed by atoms with Crippen molar-refractivity contribution in [3.8, 4) is 0 Å². The Labute approximate surface area is 117 Å². The number of thiophene rings is 1. The van der Waals surface area contributed by atoms with Crippen LogP contribution in [0.1, 0.15) is 0 Å². The number of rotatable bonds is 4. The molecule has 0 bridgehead atoms. The maximum absolute atomic E-state index is 11.9. The summed E-state index contributed by atoms with van der Waals surface area (Å²) in [7, 11) is -3.88. The second-order valence-electron chi connectivity index (χ2n) is 3.32. The fourth-order valence-electron chi connectivity index (χ4n) is 1.24. The lowest BCUT2D eigenvalue weighted by atomic mass is 10.4. The third-order valence-electron chi connectivity index (χ3n) is 2.02. The van der Waals surface area contributed by atoms with Crippen molar-refractivity contribution < 1.29 is 13.3 Å². The molecule has 2 aromatic rings. The Kier molecular flexibility index (Phi) is 3.69. The molecule has 100 valence electrons. The average Bonchev–Trinajstić information content (AvgIpc) is 2.85. The van der Waals surface area contributed by atoms with Crippen LogP contribution in [0.15, 0.2) is 34.0 Å². The van der Waals surface area contributed by atoms with E-state index in [1.54, 1.807) is 11.4 Å². The molecule has 0 unspecified atom stereocenters. The van der Waals surface area contributed by atoms with Crippen LogP contribution in [0.25, 0.3) is 0 Å². The van der Waals surface area contributed by atoms with Crippen molar-refractivity contribution in [2.24, 2.45) is 0 Å². The van der Waals surface area contributed by atoms with E-state index in [1.807, 2.05) is 0 Å². The lowest BCUT2D eigenvalue weighted by molar-refractivity contribution is -0.384. The molecule has 10 heteroatoms. The van der Waals surface area contributed by atoms with Gasteiger partial charge in [-0.2, -0.15) is 0 Å². The van der Waals surface area contributed by atoms with E-state index < -0.39 is 20.6 Å². The van der Waals surface area contributed by atoms with E-state index in [-0.39, 0.29) is 15.0 Å². The van der Waals surface area contributed by atoms with Crippen molar-refractivity contribution in [3.05, 3.63) is 44.9 Å². The van der Waals surface area contributed by atoms with Gasteiger partial charge in [0.05, 0.1) is 9.95 Å². The molecule has 0 aromatic carbocycles. The summed E-state index contributed by atoms with van der Waals surface area (Å²) in [6.07, 6.45) is 1.13. The van der Waals surface area contributed by atoms with Gasteiger partial charge >= 0.3 is 5.69 Å². The Hall–Kier alpha value is -1.71. The van der Waals surface area contributed by atoms with E-state index >= 15 is 0 Å². The highest BCUT2D eigenvalue weighted by atomic mass is 35.5. The van der Waals surface area contributed by atoms with E-state index in [4.69, 9.17) is 11.6 Å². The number of hydrogen-bond donors (Lipinski definition) is 1. The summed E-state index contributed by atoms with van der Waals surface area (Å²) in [5.74, 6) is -0.372. The van der Waals surface area contributed by atoms with Crippen molar-refractivity contribution in [3.63, 3.8) is 0 Å². The molecule has 0 saturated carbocycles. The third kappa shape index (κ3) is 3.00. The quantitative estimate of drug-likeness (QED) is 0.689. The summed E-state index contributed by atoms with van der Waals surface area (Å²) in [5.41, 5.74) is -0.507. The molecule has 2 heterocycles. The minimum Gasteiger partial charge on any atom is -0.258 e. The number of hydrogen-bond acceptors (Lipinski definition) is 6. The third-order valence-corrected chi connectivity index (χ3v) is 4.96. The van der Waals surface area contributed by atoms with E-state index in [2.05, 4.69) is 9.71 Å². The summed E-state index contributed by atoms with van der Waals surface area (Å²) in [6, 6.07) is 3.97. The van der Waals surface area contributed by atoms with Crippen LogP contribution in [-0.2, 0) is 10.0 Å². The molecule has 0 spiro atoms. The lowest BCUT2D eigenvalue weighted by Gasteiger charge is -2.05. The van der Waals surface area contributed by atoms with Gasteiger partial charge in [-0.15, -0.1) is 11.3 Å². The highest BCUT2D eigenvalue weighted by molar-refractivity contribution is 7.94. The zero-order valence-electron chi connectivity index (χ0n) is 9.11. The summed E-state index contributed by atoms with van der Waals surface area (Å²) >= 11 is 6.58. The second kappa shape index (κ2) is 5.11. The summed E-state index contributed by atoms with van der Waals surface area (Å²) in [6.45, 7) is 0. The van der Waals surface area contributed by atoms with E-state index in [0.717, 1.165) is 23.6 Å². The van der Waals surface area contributed by atoms with Crippen LogP contribution in [0.3, 0.4) is 0 Å². The predicted molar refractivity (Wildman–Crippen MR) is 71.0 cm³/mol. The molecule has 2 rings (SSSR count). The largest absolute Gasteiger partial charge is 0.313 e. The number of aromatic nitrogens is 1. The molecule has 19 heavy (non-hydrogen) atoms. The first-order chi connectivity index (χ1) is 8.90. The highest BCUT2D eigenvalue weighted by Gasteiger charge is 2.23. The number of pyridine rings is 1. The number of nitrogens with zero attached hydrogens (tertiary/aromatic N) is 2. The van der Waals surface area contributed by atoms with Gasteiger partial charge in [0.25, 0.3) is 10.0 Å². The Morgan fingerprint density at radius 2 is 2.21 bits per heavy atom. The second-order valence-corrected chi connectivity index (χ2v) is 6.61. The van der Waals surface area contributed by atoms with Crippen molar-refractivity contribution in [2.45, 2.75) is 4.21 Å². The fourth-order valence-corrected chi connectivity index (χ4v) is 3.41. The number of anilines is 1. The van der Waals surface area contributed by atoms with Crippen LogP contribution in [0.5, 0.6) is 0 Å². The van der Waals surface area contributed by atoms with Crippen LogP contribution in [-0.4, -0.2) is 18.3 Å². The molecular weight excluding hydrogens is 314 g/mol. The van der Waals surface area contributed by atoms with Crippen molar-refractivity contribution in [1.29, 1.82) is 0 Å². The standard InChI is InChI=1S/C9H6ClN3O4S2/c10-6-4-7(13(14)15)9(11-5-6)12-19(16,17)8-2-1-3-18-8/h1-5H,(H,11,12). The molecule has 0 saturated heterocycles. The van der Waals surface area contributed by atoms with Gasteiger partial charge in [0.15, 0.2) is 0 Å². The SMILES string of the molecule is O=[N+]([O-])c1cc(Cl)cnc1NS(=O)(=O)c1cccs1. The van der Waals surface area contributed by atoms with Crippen LogP contribution in [0, 0.1) is 10.1 Å². The Morgan fingerprint density at radius 3 is 2.79 bits per heavy atom. The maximum Gasteiger partial charge on any atom is 0.313 e. The first-order valence-corrected chi connectivity index (χ1v) is 7.50. The topological polar surface area (TPSA) is 102 Å². The molecule has 0 atom stereocenters. The van der Waals surface area contributed by atoms with Gasteiger partial charge in [0, 0.05) is 12.3 Å². The van der Waals surface area contributed by atoms with E-state index in [0.29, 0.717) is 0 Å². The molecule has 7 nitrogen and oxygen atoms in total. The minimum absolute atomic E-state index is 0.0403. The molecule has 0 aliphatic heterocycles. The van der Waals surface area contributed by atoms with Gasteiger partial charge in [-0.05, 0) is 11.4 Å². The van der Waals surface area contributed by atoms with Gasteiger partial charge < -0.3 is 0 Å². The molecule has 0 amide bonds. The van der Waals surface area contributed by atoms with Crippen LogP contribution < -0.4 is 4.72 Å². The number of halogens is 1. The molecule has 0 aliphatic rings. The molecule has 2 aromatic heterocycles. The zero-order valence-corrected chi connectivity index (χ0v) is 11.5. The minimum atomic E-state index is -3.88. The Bertz CT molecular complexity index is 715.